The molecule has 0 bridgehead atoms. The Morgan fingerprint density at radius 1 is 1.29 bits per heavy atom. The number of rotatable bonds is 6. The van der Waals surface area contributed by atoms with Gasteiger partial charge in [-0.05, 0) is 32.0 Å². The van der Waals surface area contributed by atoms with Crippen LogP contribution in [0.1, 0.15) is 23.9 Å². The minimum Gasteiger partial charge on any atom is -0.507 e. The quantitative estimate of drug-likeness (QED) is 0.284. The molecular formula is C23H22N8O5S2. The lowest BCUT2D eigenvalue weighted by atomic mass is 9.98. The highest BCUT2D eigenvalue weighted by molar-refractivity contribution is 7.18. The van der Waals surface area contributed by atoms with Crippen LogP contribution in [-0.4, -0.2) is 75.4 Å². The number of aliphatic hydroxyl groups excluding tert-OH is 2. The van der Waals surface area contributed by atoms with E-state index in [1.807, 2.05) is 25.1 Å². The Balaban J connectivity index is 1.47. The first-order valence-corrected chi connectivity index (χ1v) is 13.2. The Morgan fingerprint density at radius 2 is 2.13 bits per heavy atom. The van der Waals surface area contributed by atoms with Crippen molar-refractivity contribution in [3.05, 3.63) is 62.4 Å². The van der Waals surface area contributed by atoms with Gasteiger partial charge < -0.3 is 24.7 Å². The molecule has 0 radical (unpaired) electrons. The molecular weight excluding hydrogens is 532 g/mol. The Labute approximate surface area is 222 Å². The van der Waals surface area contributed by atoms with Gasteiger partial charge in [0.2, 0.25) is 0 Å². The van der Waals surface area contributed by atoms with Gasteiger partial charge in [0, 0.05) is 18.2 Å². The third kappa shape index (κ3) is 4.13. The lowest BCUT2D eigenvalue weighted by Gasteiger charge is -2.37. The van der Waals surface area contributed by atoms with Crippen LogP contribution in [-0.2, 0) is 9.47 Å². The van der Waals surface area contributed by atoms with E-state index in [2.05, 4.69) is 30.5 Å². The molecule has 0 aliphatic carbocycles. The largest absolute Gasteiger partial charge is 0.507 e. The molecule has 196 valence electrons. The molecule has 1 aliphatic heterocycles. The second kappa shape index (κ2) is 9.52. The number of ether oxygens (including phenoxy) is 2. The maximum Gasteiger partial charge on any atom is 0.304 e. The van der Waals surface area contributed by atoms with Crippen molar-refractivity contribution in [2.75, 3.05) is 7.11 Å². The third-order valence-corrected chi connectivity index (χ3v) is 7.81. The molecule has 0 saturated heterocycles. The summed E-state index contributed by atoms with van der Waals surface area (Å²) < 4.78 is 15.9. The summed E-state index contributed by atoms with van der Waals surface area (Å²) in [7, 11) is 1.44. The highest BCUT2D eigenvalue weighted by atomic mass is 32.1. The Kier molecular flexibility index (Phi) is 6.16. The van der Waals surface area contributed by atoms with Gasteiger partial charge in [-0.25, -0.2) is 9.67 Å². The van der Waals surface area contributed by atoms with E-state index in [-0.39, 0.29) is 16.3 Å². The Morgan fingerprint density at radius 3 is 2.87 bits per heavy atom. The number of nitrogens with one attached hydrogen (secondary N) is 1. The number of hydrogen-bond donors (Lipinski definition) is 3. The van der Waals surface area contributed by atoms with E-state index in [1.165, 1.54) is 18.1 Å². The van der Waals surface area contributed by atoms with Crippen LogP contribution in [0.5, 0.6) is 0 Å². The summed E-state index contributed by atoms with van der Waals surface area (Å²) in [4.78, 5) is 18.6. The number of aliphatic hydroxyl groups is 2. The second-order valence-electron chi connectivity index (χ2n) is 8.70. The van der Waals surface area contributed by atoms with Crippen molar-refractivity contribution in [1.82, 2.24) is 39.7 Å². The van der Waals surface area contributed by atoms with Crippen LogP contribution in [0.2, 0.25) is 0 Å². The van der Waals surface area contributed by atoms with E-state index in [0.29, 0.717) is 17.2 Å². The monoisotopic (exact) mass is 554 g/mol. The molecule has 3 N–H and O–H groups in total. The van der Waals surface area contributed by atoms with Crippen molar-refractivity contribution < 1.29 is 19.7 Å². The molecule has 0 spiro atoms. The van der Waals surface area contributed by atoms with Crippen molar-refractivity contribution in [3.63, 3.8) is 0 Å². The van der Waals surface area contributed by atoms with Gasteiger partial charge in [-0.1, -0.05) is 16.6 Å². The average molecular weight is 555 g/mol. The molecule has 15 heteroatoms. The van der Waals surface area contributed by atoms with E-state index in [0.717, 1.165) is 32.2 Å². The summed E-state index contributed by atoms with van der Waals surface area (Å²) in [6, 6.07) is 5.76. The lowest BCUT2D eigenvalue weighted by Crippen LogP contribution is -2.46. The molecule has 0 fully saturated rings. The zero-order valence-corrected chi connectivity index (χ0v) is 22.0. The second-order valence-corrected chi connectivity index (χ2v) is 10.8. The first-order chi connectivity index (χ1) is 18.3. The van der Waals surface area contributed by atoms with Gasteiger partial charge in [-0.2, -0.15) is 0 Å². The molecule has 2 unspecified atom stereocenters. The maximum absolute atomic E-state index is 11.6. The van der Waals surface area contributed by atoms with Crippen molar-refractivity contribution >= 4 is 38.6 Å². The molecule has 4 aromatic heterocycles. The van der Waals surface area contributed by atoms with E-state index in [9.17, 15) is 15.0 Å². The summed E-state index contributed by atoms with van der Waals surface area (Å²) in [5, 5.41) is 41.4. The topological polar surface area (TPSA) is 166 Å². The molecule has 4 atom stereocenters. The minimum absolute atomic E-state index is 0.217. The molecule has 38 heavy (non-hydrogen) atoms. The van der Waals surface area contributed by atoms with Gasteiger partial charge in [0.15, 0.2) is 17.7 Å². The summed E-state index contributed by atoms with van der Waals surface area (Å²) in [6.07, 6.45) is -0.778. The van der Waals surface area contributed by atoms with Gasteiger partial charge in [-0.3, -0.25) is 9.36 Å². The zero-order chi connectivity index (χ0) is 26.6. The van der Waals surface area contributed by atoms with Gasteiger partial charge in [0.25, 0.3) is 0 Å². The number of methoxy groups -OCH3 is 1. The molecule has 5 aromatic rings. The summed E-state index contributed by atoms with van der Waals surface area (Å²) in [5.74, 6) is 0.0660. The average Bonchev–Trinajstić information content (AvgIpc) is 3.69. The number of thiazole rings is 2. The number of benzene rings is 1. The fraction of sp³-hybridized carbons (Fsp3) is 0.304. The highest BCUT2D eigenvalue weighted by Gasteiger charge is 2.44. The maximum atomic E-state index is 11.6. The normalized spacial score (nSPS) is 20.9. The summed E-state index contributed by atoms with van der Waals surface area (Å²) >= 11 is 2.57. The Bertz CT molecular complexity index is 1710. The van der Waals surface area contributed by atoms with Crippen LogP contribution in [0, 0.1) is 6.92 Å². The Hall–Kier alpha value is -3.76. The van der Waals surface area contributed by atoms with E-state index in [1.54, 1.807) is 34.4 Å². The smallest absolute Gasteiger partial charge is 0.304 e. The number of H-pyrrole nitrogens is 1. The molecule has 13 nitrogen and oxygen atoms in total. The first kappa shape index (κ1) is 24.6. The van der Waals surface area contributed by atoms with Crippen LogP contribution in [0.4, 0.5) is 0 Å². The summed E-state index contributed by atoms with van der Waals surface area (Å²) in [6.45, 7) is 3.52. The molecule has 1 aromatic carbocycles. The standard InChI is InChI=1S/C23H22N8O5S2/c1-10(32)19-20(35-3)17(31-7-14(27-29-31)15-8-37-23(34)26-15)18(33)21(36-19)22-28-24-9-30(22)12-4-5-13-16(6-12)38-11(2)25-13/h4-10,19-21,32-33H,1-3H3,(H,26,34)/t10?,19?,20-,21-/m1/s1. The van der Waals surface area contributed by atoms with E-state index in [4.69, 9.17) is 9.47 Å². The minimum atomic E-state index is -1.11. The predicted octanol–water partition coefficient (Wildman–Crippen LogP) is 2.46. The number of aryl methyl sites for hydroxylation is 1. The van der Waals surface area contributed by atoms with Crippen molar-refractivity contribution in [3.8, 4) is 17.1 Å². The van der Waals surface area contributed by atoms with Crippen LogP contribution in [0.25, 0.3) is 33.0 Å². The van der Waals surface area contributed by atoms with Crippen LogP contribution >= 0.6 is 22.7 Å². The van der Waals surface area contributed by atoms with Crippen LogP contribution in [0.15, 0.2) is 46.7 Å². The zero-order valence-electron chi connectivity index (χ0n) is 20.3. The molecule has 1 aliphatic rings. The molecule has 6 rings (SSSR count). The number of hydrogen-bond acceptors (Lipinski definition) is 12. The number of nitrogens with zero attached hydrogens (tertiary/aromatic N) is 7. The van der Waals surface area contributed by atoms with Crippen molar-refractivity contribution in [2.45, 2.75) is 38.3 Å². The summed E-state index contributed by atoms with van der Waals surface area (Å²) in [5.41, 5.74) is 2.74. The lowest BCUT2D eigenvalue weighted by molar-refractivity contribution is -0.133. The number of aromatic nitrogens is 8. The molecule has 0 amide bonds. The van der Waals surface area contributed by atoms with Gasteiger partial charge in [0.05, 0.1) is 33.2 Å². The van der Waals surface area contributed by atoms with E-state index < -0.39 is 24.4 Å². The number of aromatic amines is 1. The van der Waals surface area contributed by atoms with Gasteiger partial charge >= 0.3 is 4.87 Å². The van der Waals surface area contributed by atoms with Gasteiger partial charge in [0.1, 0.15) is 29.9 Å². The van der Waals surface area contributed by atoms with Crippen molar-refractivity contribution in [1.29, 1.82) is 0 Å². The third-order valence-electron chi connectivity index (χ3n) is 6.20. The fourth-order valence-corrected chi connectivity index (χ4v) is 5.92. The molecule has 5 heterocycles. The molecule has 0 saturated carbocycles. The van der Waals surface area contributed by atoms with E-state index >= 15 is 0 Å². The SMILES string of the molecule is CO[C@@H]1C(n2cc(-c3csc(=O)[nH]3)nn2)=C(O)[C@H](c2nncn2-c2ccc3nc(C)sc3c2)OC1C(C)O. The predicted molar refractivity (Wildman–Crippen MR) is 139 cm³/mol. The fourth-order valence-electron chi connectivity index (χ4n) is 4.48. The van der Waals surface area contributed by atoms with Gasteiger partial charge in [-0.15, -0.1) is 26.6 Å². The highest BCUT2D eigenvalue weighted by Crippen LogP contribution is 2.39. The van der Waals surface area contributed by atoms with Crippen LogP contribution in [0.3, 0.4) is 0 Å². The number of fused-ring (bicyclic) bond motifs is 1. The first-order valence-electron chi connectivity index (χ1n) is 11.5. The van der Waals surface area contributed by atoms with Crippen LogP contribution < -0.4 is 4.87 Å². The van der Waals surface area contributed by atoms with Crippen molar-refractivity contribution in [2.24, 2.45) is 0 Å².